The summed E-state index contributed by atoms with van der Waals surface area (Å²) in [5.74, 6) is -0.600. The van der Waals surface area contributed by atoms with E-state index in [1.165, 1.54) is 14.0 Å². The average Bonchev–Trinajstić information content (AvgIpc) is 2.45. The Morgan fingerprint density at radius 1 is 1.29 bits per heavy atom. The molecule has 1 atom stereocenters. The molecule has 0 saturated carbocycles. The predicted octanol–water partition coefficient (Wildman–Crippen LogP) is 1.83. The second kappa shape index (κ2) is 7.52. The first kappa shape index (κ1) is 16.8. The monoisotopic (exact) mass is 295 g/mol. The average molecular weight is 295 g/mol. The normalized spacial score (nSPS) is 13.1. The van der Waals surface area contributed by atoms with Gasteiger partial charge in [-0.1, -0.05) is 25.5 Å². The number of rotatable bonds is 8. The summed E-state index contributed by atoms with van der Waals surface area (Å²) in [6.07, 6.45) is 0.999. The van der Waals surface area contributed by atoms with Gasteiger partial charge < -0.3 is 19.9 Å². The lowest BCUT2D eigenvalue weighted by Gasteiger charge is -2.25. The maximum atomic E-state index is 11.9. The molecule has 0 radical (unpaired) electrons. The first-order valence-electron chi connectivity index (χ1n) is 6.73. The Balaban J connectivity index is 2.63. The van der Waals surface area contributed by atoms with Gasteiger partial charge >= 0.3 is 5.97 Å². The molecule has 1 unspecified atom stereocenters. The molecule has 0 aliphatic rings. The Hall–Kier alpha value is -2.24. The second-order valence-corrected chi connectivity index (χ2v) is 4.87. The van der Waals surface area contributed by atoms with Gasteiger partial charge in [-0.3, -0.25) is 4.79 Å². The van der Waals surface area contributed by atoms with Crippen LogP contribution in [0.25, 0.3) is 0 Å². The first-order chi connectivity index (χ1) is 9.92. The number of ether oxygens (including phenoxy) is 2. The Labute approximate surface area is 124 Å². The van der Waals surface area contributed by atoms with Crippen molar-refractivity contribution in [3.8, 4) is 11.5 Å². The van der Waals surface area contributed by atoms with Crippen molar-refractivity contribution in [1.82, 2.24) is 5.32 Å². The highest BCUT2D eigenvalue weighted by Gasteiger charge is 2.33. The molecule has 1 amide bonds. The summed E-state index contributed by atoms with van der Waals surface area (Å²) in [6.45, 7) is 3.07. The minimum absolute atomic E-state index is 0.271. The van der Waals surface area contributed by atoms with Gasteiger partial charge in [-0.05, 0) is 25.5 Å². The lowest BCUT2D eigenvalue weighted by Crippen LogP contribution is -2.53. The quantitative estimate of drug-likeness (QED) is 0.764. The zero-order valence-corrected chi connectivity index (χ0v) is 12.5. The van der Waals surface area contributed by atoms with Gasteiger partial charge in [0, 0.05) is 0 Å². The van der Waals surface area contributed by atoms with Crippen LogP contribution in [0.2, 0.25) is 0 Å². The summed E-state index contributed by atoms with van der Waals surface area (Å²) in [7, 11) is 1.50. The van der Waals surface area contributed by atoms with Gasteiger partial charge in [0.25, 0.3) is 5.91 Å². The summed E-state index contributed by atoms with van der Waals surface area (Å²) in [5, 5.41) is 11.7. The smallest absolute Gasteiger partial charge is 0.329 e. The minimum Gasteiger partial charge on any atom is -0.493 e. The third-order valence-corrected chi connectivity index (χ3v) is 3.07. The zero-order valence-electron chi connectivity index (χ0n) is 12.5. The van der Waals surface area contributed by atoms with Crippen molar-refractivity contribution < 1.29 is 24.2 Å². The summed E-state index contributed by atoms with van der Waals surface area (Å²) >= 11 is 0. The van der Waals surface area contributed by atoms with Crippen LogP contribution in [0.4, 0.5) is 0 Å². The summed E-state index contributed by atoms with van der Waals surface area (Å²) < 4.78 is 10.5. The van der Waals surface area contributed by atoms with Crippen molar-refractivity contribution >= 4 is 11.9 Å². The van der Waals surface area contributed by atoms with E-state index in [0.29, 0.717) is 24.3 Å². The molecule has 0 saturated heterocycles. The van der Waals surface area contributed by atoms with E-state index < -0.39 is 17.4 Å². The van der Waals surface area contributed by atoms with Gasteiger partial charge in [0.2, 0.25) is 0 Å². The van der Waals surface area contributed by atoms with E-state index in [0.717, 1.165) is 0 Å². The van der Waals surface area contributed by atoms with Crippen molar-refractivity contribution in [1.29, 1.82) is 0 Å². The number of carbonyl (C=O) groups excluding carboxylic acids is 1. The van der Waals surface area contributed by atoms with Gasteiger partial charge in [-0.15, -0.1) is 0 Å². The van der Waals surface area contributed by atoms with Crippen molar-refractivity contribution in [3.05, 3.63) is 24.3 Å². The van der Waals surface area contributed by atoms with E-state index in [4.69, 9.17) is 9.47 Å². The lowest BCUT2D eigenvalue weighted by atomic mass is 9.96. The molecule has 116 valence electrons. The van der Waals surface area contributed by atoms with Gasteiger partial charge in [-0.25, -0.2) is 4.79 Å². The summed E-state index contributed by atoms with van der Waals surface area (Å²) in [5.41, 5.74) is -1.28. The molecule has 21 heavy (non-hydrogen) atoms. The van der Waals surface area contributed by atoms with Crippen LogP contribution in [0.15, 0.2) is 24.3 Å². The Morgan fingerprint density at radius 3 is 2.43 bits per heavy atom. The zero-order chi connectivity index (χ0) is 15.9. The third kappa shape index (κ3) is 4.66. The minimum atomic E-state index is -1.28. The fourth-order valence-electron chi connectivity index (χ4n) is 1.95. The highest BCUT2D eigenvalue weighted by molar-refractivity contribution is 5.87. The molecule has 6 heteroatoms. The number of hydrogen-bond acceptors (Lipinski definition) is 4. The number of nitrogens with one attached hydrogen (secondary N) is 1. The van der Waals surface area contributed by atoms with E-state index in [9.17, 15) is 14.7 Å². The number of carbonyl (C=O) groups is 2. The summed E-state index contributed by atoms with van der Waals surface area (Å²) in [6, 6.07) is 6.93. The van der Waals surface area contributed by atoms with E-state index in [1.807, 2.05) is 6.92 Å². The number of para-hydroxylation sites is 2. The first-order valence-corrected chi connectivity index (χ1v) is 6.73. The van der Waals surface area contributed by atoms with E-state index in [-0.39, 0.29) is 6.61 Å². The van der Waals surface area contributed by atoms with E-state index in [1.54, 1.807) is 24.3 Å². The van der Waals surface area contributed by atoms with Crippen LogP contribution in [0.3, 0.4) is 0 Å². The predicted molar refractivity (Wildman–Crippen MR) is 77.6 cm³/mol. The summed E-state index contributed by atoms with van der Waals surface area (Å²) in [4.78, 5) is 23.1. The number of benzene rings is 1. The van der Waals surface area contributed by atoms with Crippen molar-refractivity contribution in [2.45, 2.75) is 32.2 Å². The van der Waals surface area contributed by atoms with Gasteiger partial charge in [0.05, 0.1) is 7.11 Å². The molecule has 1 aromatic rings. The fourth-order valence-corrected chi connectivity index (χ4v) is 1.95. The highest BCUT2D eigenvalue weighted by Crippen LogP contribution is 2.25. The molecular formula is C15H21NO5. The lowest BCUT2D eigenvalue weighted by molar-refractivity contribution is -0.147. The maximum Gasteiger partial charge on any atom is 0.329 e. The second-order valence-electron chi connectivity index (χ2n) is 4.87. The van der Waals surface area contributed by atoms with Crippen LogP contribution < -0.4 is 14.8 Å². The van der Waals surface area contributed by atoms with Crippen molar-refractivity contribution in [3.63, 3.8) is 0 Å². The largest absolute Gasteiger partial charge is 0.493 e. The number of carboxylic acid groups (broad SMARTS) is 1. The molecule has 2 N–H and O–H groups in total. The molecule has 0 fully saturated rings. The molecule has 0 aliphatic carbocycles. The molecule has 0 bridgehead atoms. The number of hydrogen-bond donors (Lipinski definition) is 2. The highest BCUT2D eigenvalue weighted by atomic mass is 16.5. The third-order valence-electron chi connectivity index (χ3n) is 3.07. The fraction of sp³-hybridized carbons (Fsp3) is 0.467. The van der Waals surface area contributed by atoms with E-state index in [2.05, 4.69) is 5.32 Å². The van der Waals surface area contributed by atoms with Crippen LogP contribution >= 0.6 is 0 Å². The van der Waals surface area contributed by atoms with Crippen LogP contribution in [-0.4, -0.2) is 36.2 Å². The standard InChI is InChI=1S/C15H21NO5/c1-4-9-15(2,14(18)19)16-13(17)10-21-12-8-6-5-7-11(12)20-3/h5-8H,4,9-10H2,1-3H3,(H,16,17)(H,18,19). The molecule has 0 aliphatic heterocycles. The molecule has 6 nitrogen and oxygen atoms in total. The van der Waals surface area contributed by atoms with Crippen LogP contribution in [0.5, 0.6) is 11.5 Å². The molecular weight excluding hydrogens is 274 g/mol. The molecule has 0 aromatic heterocycles. The Bertz CT molecular complexity index is 503. The topological polar surface area (TPSA) is 84.9 Å². The molecule has 1 aromatic carbocycles. The molecule has 0 spiro atoms. The van der Waals surface area contributed by atoms with Crippen LogP contribution in [-0.2, 0) is 9.59 Å². The SMILES string of the molecule is CCCC(C)(NC(=O)COc1ccccc1OC)C(=O)O. The van der Waals surface area contributed by atoms with Gasteiger partial charge in [0.15, 0.2) is 18.1 Å². The maximum absolute atomic E-state index is 11.9. The number of methoxy groups -OCH3 is 1. The van der Waals surface area contributed by atoms with Crippen LogP contribution in [0.1, 0.15) is 26.7 Å². The Kier molecular flexibility index (Phi) is 6.02. The number of carboxylic acids is 1. The Morgan fingerprint density at radius 2 is 1.90 bits per heavy atom. The molecule has 1 rings (SSSR count). The van der Waals surface area contributed by atoms with Crippen LogP contribution in [0, 0.1) is 0 Å². The van der Waals surface area contributed by atoms with E-state index >= 15 is 0 Å². The van der Waals surface area contributed by atoms with Gasteiger partial charge in [0.1, 0.15) is 5.54 Å². The number of aliphatic carboxylic acids is 1. The van der Waals surface area contributed by atoms with Crippen molar-refractivity contribution in [2.75, 3.05) is 13.7 Å². The van der Waals surface area contributed by atoms with Crippen molar-refractivity contribution in [2.24, 2.45) is 0 Å². The molecule has 0 heterocycles. The van der Waals surface area contributed by atoms with Gasteiger partial charge in [-0.2, -0.15) is 0 Å². The number of amides is 1.